The van der Waals surface area contributed by atoms with Gasteiger partial charge in [-0.2, -0.15) is 0 Å². The first-order valence-electron chi connectivity index (χ1n) is 6.80. The third-order valence-corrected chi connectivity index (χ3v) is 3.60. The fraction of sp³-hybridized carbons (Fsp3) is 0.438. The number of fused-ring (bicyclic) bond motifs is 1. The van der Waals surface area contributed by atoms with Gasteiger partial charge in [0.15, 0.2) is 17.3 Å². The van der Waals surface area contributed by atoms with E-state index in [0.717, 1.165) is 35.5 Å². The summed E-state index contributed by atoms with van der Waals surface area (Å²) in [7, 11) is 0. The SMILES string of the molecule is CC(C)CC1=C(c2ccc3c(c2)OCO3)C(=O)CC1. The molecule has 0 spiro atoms. The largest absolute Gasteiger partial charge is 0.454 e. The van der Waals surface area contributed by atoms with Crippen LogP contribution in [0.15, 0.2) is 23.8 Å². The maximum Gasteiger partial charge on any atom is 0.231 e. The molecule has 1 aliphatic carbocycles. The minimum absolute atomic E-state index is 0.259. The number of carbonyl (C=O) groups excluding carboxylic acids is 1. The summed E-state index contributed by atoms with van der Waals surface area (Å²) in [6.45, 7) is 4.64. The van der Waals surface area contributed by atoms with Crippen LogP contribution in [-0.2, 0) is 4.79 Å². The molecule has 3 rings (SSSR count). The van der Waals surface area contributed by atoms with Gasteiger partial charge in [0.25, 0.3) is 0 Å². The Morgan fingerprint density at radius 2 is 1.95 bits per heavy atom. The van der Waals surface area contributed by atoms with E-state index in [-0.39, 0.29) is 12.6 Å². The Balaban J connectivity index is 2.00. The lowest BCUT2D eigenvalue weighted by Crippen LogP contribution is -1.97. The van der Waals surface area contributed by atoms with Gasteiger partial charge in [-0.25, -0.2) is 0 Å². The second kappa shape index (κ2) is 4.72. The van der Waals surface area contributed by atoms with Gasteiger partial charge < -0.3 is 9.47 Å². The molecule has 0 amide bonds. The van der Waals surface area contributed by atoms with Crippen LogP contribution in [0.5, 0.6) is 11.5 Å². The number of Topliss-reactive ketones (excluding diaryl/α,β-unsaturated/α-hetero) is 1. The number of benzene rings is 1. The molecule has 3 heteroatoms. The second-order valence-electron chi connectivity index (χ2n) is 5.57. The van der Waals surface area contributed by atoms with Crippen LogP contribution in [0, 0.1) is 5.92 Å². The molecule has 1 aromatic rings. The van der Waals surface area contributed by atoms with Crippen LogP contribution in [0.2, 0.25) is 0 Å². The van der Waals surface area contributed by atoms with E-state index in [2.05, 4.69) is 13.8 Å². The predicted octanol–water partition coefficient (Wildman–Crippen LogP) is 3.58. The Kier molecular flexibility index (Phi) is 3.05. The van der Waals surface area contributed by atoms with E-state index in [9.17, 15) is 4.79 Å². The minimum Gasteiger partial charge on any atom is -0.454 e. The second-order valence-corrected chi connectivity index (χ2v) is 5.57. The van der Waals surface area contributed by atoms with Crippen LogP contribution in [0.25, 0.3) is 5.57 Å². The Bertz CT molecular complexity index is 555. The van der Waals surface area contributed by atoms with Gasteiger partial charge in [0, 0.05) is 12.0 Å². The highest BCUT2D eigenvalue weighted by Crippen LogP contribution is 2.39. The highest BCUT2D eigenvalue weighted by Gasteiger charge is 2.26. The van der Waals surface area contributed by atoms with Gasteiger partial charge in [0.2, 0.25) is 6.79 Å². The van der Waals surface area contributed by atoms with Crippen LogP contribution in [0.3, 0.4) is 0 Å². The Hall–Kier alpha value is -1.77. The zero-order valence-corrected chi connectivity index (χ0v) is 11.4. The van der Waals surface area contributed by atoms with Crippen molar-refractivity contribution in [2.45, 2.75) is 33.1 Å². The van der Waals surface area contributed by atoms with Crippen molar-refractivity contribution in [2.75, 3.05) is 6.79 Å². The molecule has 0 saturated carbocycles. The fourth-order valence-electron chi connectivity index (χ4n) is 2.83. The molecular formula is C16H18O3. The Morgan fingerprint density at radius 3 is 2.74 bits per heavy atom. The van der Waals surface area contributed by atoms with Gasteiger partial charge in [-0.05, 0) is 36.5 Å². The van der Waals surface area contributed by atoms with E-state index in [4.69, 9.17) is 9.47 Å². The van der Waals surface area contributed by atoms with Crippen LogP contribution >= 0.6 is 0 Å². The third kappa shape index (κ3) is 2.25. The molecule has 0 fully saturated rings. The predicted molar refractivity (Wildman–Crippen MR) is 73.2 cm³/mol. The number of carbonyl (C=O) groups is 1. The Labute approximate surface area is 113 Å². The monoisotopic (exact) mass is 258 g/mol. The summed E-state index contributed by atoms with van der Waals surface area (Å²) in [4.78, 5) is 12.1. The maximum absolute atomic E-state index is 12.1. The lowest BCUT2D eigenvalue weighted by Gasteiger charge is -2.09. The number of ether oxygens (including phenoxy) is 2. The van der Waals surface area contributed by atoms with Crippen molar-refractivity contribution in [3.05, 3.63) is 29.3 Å². The number of allylic oxidation sites excluding steroid dienone is 2. The molecule has 0 saturated heterocycles. The summed E-state index contributed by atoms with van der Waals surface area (Å²) in [5.41, 5.74) is 3.17. The summed E-state index contributed by atoms with van der Waals surface area (Å²) >= 11 is 0. The lowest BCUT2D eigenvalue weighted by molar-refractivity contribution is -0.113. The molecule has 19 heavy (non-hydrogen) atoms. The summed E-state index contributed by atoms with van der Waals surface area (Å²) < 4.78 is 10.7. The molecule has 2 aliphatic rings. The lowest BCUT2D eigenvalue weighted by atomic mass is 9.95. The summed E-state index contributed by atoms with van der Waals surface area (Å²) in [6, 6.07) is 5.79. The van der Waals surface area contributed by atoms with Gasteiger partial charge >= 0.3 is 0 Å². The van der Waals surface area contributed by atoms with Crippen LogP contribution in [-0.4, -0.2) is 12.6 Å². The van der Waals surface area contributed by atoms with Crippen molar-refractivity contribution in [2.24, 2.45) is 5.92 Å². The molecule has 3 nitrogen and oxygen atoms in total. The quantitative estimate of drug-likeness (QED) is 0.831. The molecule has 0 bridgehead atoms. The maximum atomic E-state index is 12.1. The topological polar surface area (TPSA) is 35.5 Å². The van der Waals surface area contributed by atoms with Crippen LogP contribution in [0.4, 0.5) is 0 Å². The molecule has 1 aliphatic heterocycles. The average Bonchev–Trinajstić information content (AvgIpc) is 2.94. The Morgan fingerprint density at radius 1 is 1.16 bits per heavy atom. The number of rotatable bonds is 3. The van der Waals surface area contributed by atoms with E-state index in [1.54, 1.807) is 0 Å². The normalized spacial score (nSPS) is 17.7. The number of ketones is 1. The van der Waals surface area contributed by atoms with Gasteiger partial charge in [-0.1, -0.05) is 25.5 Å². The minimum atomic E-state index is 0.259. The van der Waals surface area contributed by atoms with Gasteiger partial charge in [0.05, 0.1) is 0 Å². The standard InChI is InChI=1S/C16H18O3/c1-10(2)7-11-3-5-13(17)16(11)12-4-6-14-15(8-12)19-9-18-14/h4,6,8,10H,3,5,7,9H2,1-2H3. The zero-order chi connectivity index (χ0) is 13.4. The van der Waals surface area contributed by atoms with Crippen molar-refractivity contribution >= 4 is 11.4 Å². The van der Waals surface area contributed by atoms with Gasteiger partial charge in [0.1, 0.15) is 0 Å². The van der Waals surface area contributed by atoms with Gasteiger partial charge in [-0.3, -0.25) is 4.79 Å². The van der Waals surface area contributed by atoms with E-state index in [1.165, 1.54) is 5.57 Å². The molecular weight excluding hydrogens is 240 g/mol. The van der Waals surface area contributed by atoms with Crippen molar-refractivity contribution in [3.63, 3.8) is 0 Å². The van der Waals surface area contributed by atoms with Crippen molar-refractivity contribution in [3.8, 4) is 11.5 Å². The van der Waals surface area contributed by atoms with E-state index < -0.39 is 0 Å². The summed E-state index contributed by atoms with van der Waals surface area (Å²) in [5, 5.41) is 0. The molecule has 0 N–H and O–H groups in total. The highest BCUT2D eigenvalue weighted by molar-refractivity contribution is 6.23. The highest BCUT2D eigenvalue weighted by atomic mass is 16.7. The molecule has 0 atom stereocenters. The van der Waals surface area contributed by atoms with Crippen molar-refractivity contribution in [1.29, 1.82) is 0 Å². The van der Waals surface area contributed by atoms with Crippen molar-refractivity contribution in [1.82, 2.24) is 0 Å². The average molecular weight is 258 g/mol. The van der Waals surface area contributed by atoms with Gasteiger partial charge in [-0.15, -0.1) is 0 Å². The van der Waals surface area contributed by atoms with Crippen molar-refractivity contribution < 1.29 is 14.3 Å². The van der Waals surface area contributed by atoms with Crippen LogP contribution < -0.4 is 9.47 Å². The van der Waals surface area contributed by atoms with E-state index in [1.807, 2.05) is 18.2 Å². The summed E-state index contributed by atoms with van der Waals surface area (Å²) in [5.74, 6) is 2.34. The summed E-state index contributed by atoms with van der Waals surface area (Å²) in [6.07, 6.45) is 2.54. The molecule has 0 radical (unpaired) electrons. The third-order valence-electron chi connectivity index (χ3n) is 3.60. The van der Waals surface area contributed by atoms with Crippen LogP contribution in [0.1, 0.15) is 38.7 Å². The first-order chi connectivity index (χ1) is 9.15. The molecule has 0 unspecified atom stereocenters. The van der Waals surface area contributed by atoms with E-state index >= 15 is 0 Å². The number of hydrogen-bond acceptors (Lipinski definition) is 3. The first-order valence-corrected chi connectivity index (χ1v) is 6.80. The molecule has 1 aromatic carbocycles. The molecule has 0 aromatic heterocycles. The molecule has 100 valence electrons. The molecule has 1 heterocycles. The number of hydrogen-bond donors (Lipinski definition) is 0. The fourth-order valence-corrected chi connectivity index (χ4v) is 2.83. The zero-order valence-electron chi connectivity index (χ0n) is 11.4. The smallest absolute Gasteiger partial charge is 0.231 e. The first kappa shape index (κ1) is 12.3. The van der Waals surface area contributed by atoms with E-state index in [0.29, 0.717) is 12.3 Å².